The molecule has 0 saturated heterocycles. The summed E-state index contributed by atoms with van der Waals surface area (Å²) in [7, 11) is 0. The number of fused-ring (bicyclic) bond motifs is 5. The molecule has 2 atom stereocenters. The van der Waals surface area contributed by atoms with E-state index in [-0.39, 0.29) is 5.78 Å². The van der Waals surface area contributed by atoms with E-state index in [0.29, 0.717) is 5.33 Å². The van der Waals surface area contributed by atoms with Crippen molar-refractivity contribution in [3.8, 4) is 0 Å². The van der Waals surface area contributed by atoms with Gasteiger partial charge in [0.05, 0.1) is 5.33 Å². The lowest BCUT2D eigenvalue weighted by Gasteiger charge is -2.15. The van der Waals surface area contributed by atoms with Crippen LogP contribution >= 0.6 is 15.9 Å². The lowest BCUT2D eigenvalue weighted by atomic mass is 9.90. The molecule has 2 bridgehead atoms. The zero-order valence-electron chi connectivity index (χ0n) is 8.50. The number of alkyl halides is 1. The van der Waals surface area contributed by atoms with Crippen molar-refractivity contribution in [2.24, 2.45) is 0 Å². The van der Waals surface area contributed by atoms with Gasteiger partial charge in [-0.3, -0.25) is 4.79 Å². The maximum Gasteiger partial charge on any atom is 0.173 e. The van der Waals surface area contributed by atoms with Gasteiger partial charge in [0.15, 0.2) is 5.78 Å². The summed E-state index contributed by atoms with van der Waals surface area (Å²) in [5.41, 5.74) is 3.84. The van der Waals surface area contributed by atoms with Crippen molar-refractivity contribution in [3.05, 3.63) is 34.9 Å². The van der Waals surface area contributed by atoms with Gasteiger partial charge in [0, 0.05) is 5.56 Å². The summed E-state index contributed by atoms with van der Waals surface area (Å²) in [6.07, 6.45) is 3.99. The summed E-state index contributed by atoms with van der Waals surface area (Å²) >= 11 is 3.22. The molecule has 0 radical (unpaired) electrons. The van der Waals surface area contributed by atoms with Crippen molar-refractivity contribution in [2.45, 2.75) is 31.1 Å². The third kappa shape index (κ3) is 1.38. The first kappa shape index (κ1) is 9.59. The Labute approximate surface area is 98.0 Å². The largest absolute Gasteiger partial charge is 0.293 e. The van der Waals surface area contributed by atoms with E-state index in [0.717, 1.165) is 17.4 Å². The molecule has 1 nitrogen and oxygen atoms in total. The van der Waals surface area contributed by atoms with Crippen molar-refractivity contribution in [1.29, 1.82) is 0 Å². The molecule has 0 aliphatic heterocycles. The standard InChI is InChI=1S/C13H13BrO/c14-7-13(15)10-3-4-11-8-1-2-9(5-8)12(11)6-10/h3-4,6,8-9H,1-2,5,7H2/t8-,9+/m0/s1. The van der Waals surface area contributed by atoms with Gasteiger partial charge in [-0.25, -0.2) is 0 Å². The molecule has 2 aliphatic carbocycles. The smallest absolute Gasteiger partial charge is 0.173 e. The van der Waals surface area contributed by atoms with Gasteiger partial charge in [0.25, 0.3) is 0 Å². The fourth-order valence-electron chi connectivity index (χ4n) is 3.10. The van der Waals surface area contributed by atoms with Crippen LogP contribution in [0.1, 0.15) is 52.6 Å². The van der Waals surface area contributed by atoms with E-state index in [1.54, 1.807) is 0 Å². The fourth-order valence-corrected chi connectivity index (χ4v) is 3.42. The first-order valence-electron chi connectivity index (χ1n) is 5.52. The van der Waals surface area contributed by atoms with Crippen molar-refractivity contribution < 1.29 is 4.79 Å². The Kier molecular flexibility index (Phi) is 2.20. The van der Waals surface area contributed by atoms with E-state index >= 15 is 0 Å². The minimum Gasteiger partial charge on any atom is -0.293 e. The number of Topliss-reactive ketones (excluding diaryl/α,β-unsaturated/α-hetero) is 1. The minimum atomic E-state index is 0.195. The molecule has 3 rings (SSSR count). The maximum absolute atomic E-state index is 11.6. The highest BCUT2D eigenvalue weighted by Crippen LogP contribution is 2.53. The number of hydrogen-bond donors (Lipinski definition) is 0. The third-order valence-corrected chi connectivity index (χ3v) is 4.35. The zero-order valence-corrected chi connectivity index (χ0v) is 10.1. The molecule has 0 heterocycles. The van der Waals surface area contributed by atoms with E-state index in [4.69, 9.17) is 0 Å². The first-order chi connectivity index (χ1) is 7.29. The highest BCUT2D eigenvalue weighted by molar-refractivity contribution is 9.09. The molecule has 1 saturated carbocycles. The second kappa shape index (κ2) is 3.44. The van der Waals surface area contributed by atoms with E-state index < -0.39 is 0 Å². The maximum atomic E-state index is 11.6. The van der Waals surface area contributed by atoms with E-state index in [1.807, 2.05) is 6.07 Å². The van der Waals surface area contributed by atoms with Crippen molar-refractivity contribution in [1.82, 2.24) is 0 Å². The molecule has 2 aliphatic rings. The Morgan fingerprint density at radius 1 is 1.27 bits per heavy atom. The number of halogens is 1. The van der Waals surface area contributed by atoms with Gasteiger partial charge in [-0.15, -0.1) is 0 Å². The summed E-state index contributed by atoms with van der Waals surface area (Å²) in [4.78, 5) is 11.6. The SMILES string of the molecule is O=C(CBr)c1ccc2c(c1)[C@@H]1CC[C@H]2C1. The Hall–Kier alpha value is -0.630. The molecule has 15 heavy (non-hydrogen) atoms. The molecule has 1 fully saturated rings. The monoisotopic (exact) mass is 264 g/mol. The minimum absolute atomic E-state index is 0.195. The Morgan fingerprint density at radius 2 is 2.00 bits per heavy atom. The Bertz CT molecular complexity index is 425. The van der Waals surface area contributed by atoms with Crippen LogP contribution in [0.15, 0.2) is 18.2 Å². The van der Waals surface area contributed by atoms with Crippen LogP contribution in [0.5, 0.6) is 0 Å². The first-order valence-corrected chi connectivity index (χ1v) is 6.64. The predicted molar refractivity (Wildman–Crippen MR) is 63.9 cm³/mol. The molecule has 0 aromatic heterocycles. The molecule has 1 aromatic carbocycles. The summed E-state index contributed by atoms with van der Waals surface area (Å²) in [6.45, 7) is 0. The molecular formula is C13H13BrO. The van der Waals surface area contributed by atoms with Crippen LogP contribution in [0, 0.1) is 0 Å². The highest BCUT2D eigenvalue weighted by atomic mass is 79.9. The van der Waals surface area contributed by atoms with Crippen LogP contribution in [0.3, 0.4) is 0 Å². The summed E-state index contributed by atoms with van der Waals surface area (Å²) in [5.74, 6) is 1.73. The van der Waals surface area contributed by atoms with Gasteiger partial charge >= 0.3 is 0 Å². The molecule has 0 N–H and O–H groups in total. The lowest BCUT2D eigenvalue weighted by molar-refractivity contribution is 0.102. The fraction of sp³-hybridized carbons (Fsp3) is 0.462. The second-order valence-electron chi connectivity index (χ2n) is 4.61. The van der Waals surface area contributed by atoms with Crippen LogP contribution in [0.2, 0.25) is 0 Å². The van der Waals surface area contributed by atoms with Crippen LogP contribution < -0.4 is 0 Å². The van der Waals surface area contributed by atoms with Crippen LogP contribution in [-0.4, -0.2) is 11.1 Å². The van der Waals surface area contributed by atoms with Crippen molar-refractivity contribution in [3.63, 3.8) is 0 Å². The number of ketones is 1. The van der Waals surface area contributed by atoms with Crippen molar-refractivity contribution in [2.75, 3.05) is 5.33 Å². The summed E-state index contributed by atoms with van der Waals surface area (Å²) < 4.78 is 0. The van der Waals surface area contributed by atoms with Gasteiger partial charge in [-0.05, 0) is 48.3 Å². The average molecular weight is 265 g/mol. The van der Waals surface area contributed by atoms with Gasteiger partial charge in [0.2, 0.25) is 0 Å². The van der Waals surface area contributed by atoms with Crippen LogP contribution in [0.4, 0.5) is 0 Å². The van der Waals surface area contributed by atoms with Gasteiger partial charge in [-0.2, -0.15) is 0 Å². The third-order valence-electron chi connectivity index (χ3n) is 3.84. The number of hydrogen-bond acceptors (Lipinski definition) is 1. The Balaban J connectivity index is 2.04. The normalized spacial score (nSPS) is 26.7. The number of carbonyl (C=O) groups is 1. The van der Waals surface area contributed by atoms with Crippen LogP contribution in [-0.2, 0) is 0 Å². The zero-order chi connectivity index (χ0) is 10.4. The molecule has 2 heteroatoms. The molecule has 1 aromatic rings. The van der Waals surface area contributed by atoms with E-state index in [2.05, 4.69) is 28.1 Å². The topological polar surface area (TPSA) is 17.1 Å². The number of carbonyl (C=O) groups excluding carboxylic acids is 1. The summed E-state index contributed by atoms with van der Waals surface area (Å²) in [6, 6.07) is 6.29. The highest BCUT2D eigenvalue weighted by Gasteiger charge is 2.36. The Morgan fingerprint density at radius 3 is 2.73 bits per heavy atom. The lowest BCUT2D eigenvalue weighted by Crippen LogP contribution is -2.04. The molecule has 0 spiro atoms. The molecule has 78 valence electrons. The molecule has 0 amide bonds. The molecular weight excluding hydrogens is 252 g/mol. The number of rotatable bonds is 2. The van der Waals surface area contributed by atoms with Gasteiger partial charge in [-0.1, -0.05) is 28.1 Å². The van der Waals surface area contributed by atoms with Crippen molar-refractivity contribution >= 4 is 21.7 Å². The van der Waals surface area contributed by atoms with E-state index in [9.17, 15) is 4.79 Å². The predicted octanol–water partition coefficient (Wildman–Crippen LogP) is 3.63. The summed E-state index contributed by atoms with van der Waals surface area (Å²) in [5, 5.41) is 0.430. The second-order valence-corrected chi connectivity index (χ2v) is 5.17. The average Bonchev–Trinajstić information content (AvgIpc) is 2.88. The van der Waals surface area contributed by atoms with E-state index in [1.165, 1.54) is 30.4 Å². The van der Waals surface area contributed by atoms with Gasteiger partial charge < -0.3 is 0 Å². The molecule has 0 unspecified atom stereocenters. The van der Waals surface area contributed by atoms with Crippen LogP contribution in [0.25, 0.3) is 0 Å². The van der Waals surface area contributed by atoms with Gasteiger partial charge in [0.1, 0.15) is 0 Å². The quantitative estimate of drug-likeness (QED) is 0.589. The number of benzene rings is 1.